The highest BCUT2D eigenvalue weighted by Gasteiger charge is 2.22. The van der Waals surface area contributed by atoms with E-state index in [-0.39, 0.29) is 11.5 Å². The minimum absolute atomic E-state index is 0.0284. The average molecular weight is 231 g/mol. The molecule has 0 bridgehead atoms. The summed E-state index contributed by atoms with van der Waals surface area (Å²) < 4.78 is 0. The molecule has 0 saturated carbocycles. The van der Waals surface area contributed by atoms with Gasteiger partial charge in [0.25, 0.3) is 0 Å². The Morgan fingerprint density at radius 2 is 2.00 bits per heavy atom. The predicted octanol–water partition coefficient (Wildman–Crippen LogP) is 2.22. The second-order valence-electron chi connectivity index (χ2n) is 5.48. The second-order valence-corrected chi connectivity index (χ2v) is 6.70. The van der Waals surface area contributed by atoms with Gasteiger partial charge in [0, 0.05) is 18.8 Å². The normalized spacial score (nSPS) is 22.4. The van der Waals surface area contributed by atoms with Crippen molar-refractivity contribution in [1.82, 2.24) is 4.90 Å². The summed E-state index contributed by atoms with van der Waals surface area (Å²) in [7, 11) is 0. The first-order valence-electron chi connectivity index (χ1n) is 5.98. The van der Waals surface area contributed by atoms with Crippen LogP contribution < -0.4 is 0 Å². The molecule has 90 valence electrons. The standard InChI is InChI=1S/C12H25NOS/c1-12(2,3)11(14)5-7-13-6-4-9-15-10-8-13/h11,14H,4-10H2,1-3H3. The molecule has 0 aromatic carbocycles. The summed E-state index contributed by atoms with van der Waals surface area (Å²) >= 11 is 2.06. The van der Waals surface area contributed by atoms with Gasteiger partial charge in [-0.05, 0) is 30.6 Å². The van der Waals surface area contributed by atoms with Gasteiger partial charge < -0.3 is 10.0 Å². The summed E-state index contributed by atoms with van der Waals surface area (Å²) in [6.45, 7) is 9.78. The molecular weight excluding hydrogens is 206 g/mol. The van der Waals surface area contributed by atoms with Crippen molar-refractivity contribution in [2.24, 2.45) is 5.41 Å². The van der Waals surface area contributed by atoms with Crippen molar-refractivity contribution in [3.05, 3.63) is 0 Å². The van der Waals surface area contributed by atoms with Gasteiger partial charge in [0.2, 0.25) is 0 Å². The van der Waals surface area contributed by atoms with Crippen LogP contribution in [0.1, 0.15) is 33.6 Å². The average Bonchev–Trinajstić information content (AvgIpc) is 2.40. The van der Waals surface area contributed by atoms with Gasteiger partial charge in [-0.1, -0.05) is 20.8 Å². The van der Waals surface area contributed by atoms with E-state index in [0.717, 1.165) is 13.0 Å². The molecule has 2 nitrogen and oxygen atoms in total. The topological polar surface area (TPSA) is 23.5 Å². The first-order valence-corrected chi connectivity index (χ1v) is 7.14. The van der Waals surface area contributed by atoms with E-state index >= 15 is 0 Å². The van der Waals surface area contributed by atoms with Crippen molar-refractivity contribution in [3.8, 4) is 0 Å². The van der Waals surface area contributed by atoms with Gasteiger partial charge in [0.1, 0.15) is 0 Å². The Morgan fingerprint density at radius 1 is 1.27 bits per heavy atom. The highest BCUT2D eigenvalue weighted by atomic mass is 32.2. The van der Waals surface area contributed by atoms with E-state index in [1.54, 1.807) is 0 Å². The molecule has 0 aromatic heterocycles. The van der Waals surface area contributed by atoms with Gasteiger partial charge in [0.15, 0.2) is 0 Å². The Kier molecular flexibility index (Phi) is 5.44. The molecule has 1 aliphatic heterocycles. The molecule has 1 saturated heterocycles. The van der Waals surface area contributed by atoms with Crippen molar-refractivity contribution >= 4 is 11.8 Å². The van der Waals surface area contributed by atoms with Gasteiger partial charge in [-0.2, -0.15) is 11.8 Å². The van der Waals surface area contributed by atoms with Crippen LogP contribution in [0.25, 0.3) is 0 Å². The van der Waals surface area contributed by atoms with Crippen LogP contribution in [-0.4, -0.2) is 47.3 Å². The molecule has 1 aliphatic rings. The van der Waals surface area contributed by atoms with Gasteiger partial charge in [-0.25, -0.2) is 0 Å². The third kappa shape index (κ3) is 5.23. The molecular formula is C12H25NOS. The summed E-state index contributed by atoms with van der Waals surface area (Å²) in [5.41, 5.74) is 0.0284. The van der Waals surface area contributed by atoms with Crippen LogP contribution in [0.3, 0.4) is 0 Å². The van der Waals surface area contributed by atoms with E-state index in [9.17, 15) is 5.11 Å². The van der Waals surface area contributed by atoms with Gasteiger partial charge in [-0.3, -0.25) is 0 Å². The summed E-state index contributed by atoms with van der Waals surface area (Å²) in [6.07, 6.45) is 2.04. The number of thioether (sulfide) groups is 1. The number of aliphatic hydroxyl groups is 1. The lowest BCUT2D eigenvalue weighted by Gasteiger charge is -2.28. The Balaban J connectivity index is 2.23. The van der Waals surface area contributed by atoms with Gasteiger partial charge in [-0.15, -0.1) is 0 Å². The zero-order chi connectivity index (χ0) is 11.3. The fraction of sp³-hybridized carbons (Fsp3) is 1.00. The minimum Gasteiger partial charge on any atom is -0.393 e. The number of hydrogen-bond donors (Lipinski definition) is 1. The summed E-state index contributed by atoms with van der Waals surface area (Å²) in [5.74, 6) is 2.56. The van der Waals surface area contributed by atoms with E-state index in [0.29, 0.717) is 0 Å². The molecule has 1 unspecified atom stereocenters. The van der Waals surface area contributed by atoms with E-state index in [2.05, 4.69) is 37.4 Å². The Labute approximate surface area is 98.4 Å². The van der Waals surface area contributed by atoms with Crippen molar-refractivity contribution in [1.29, 1.82) is 0 Å². The maximum atomic E-state index is 9.95. The van der Waals surface area contributed by atoms with E-state index in [4.69, 9.17) is 0 Å². The molecule has 1 fully saturated rings. The minimum atomic E-state index is -0.173. The maximum absolute atomic E-state index is 9.95. The third-order valence-electron chi connectivity index (χ3n) is 3.03. The molecule has 0 spiro atoms. The van der Waals surface area contributed by atoms with Crippen LogP contribution in [-0.2, 0) is 0 Å². The zero-order valence-corrected chi connectivity index (χ0v) is 11.1. The van der Waals surface area contributed by atoms with Crippen molar-refractivity contribution in [2.75, 3.05) is 31.1 Å². The second kappa shape index (κ2) is 6.12. The van der Waals surface area contributed by atoms with Crippen molar-refractivity contribution in [3.63, 3.8) is 0 Å². The SMILES string of the molecule is CC(C)(C)C(O)CCN1CCCSCC1. The molecule has 1 N–H and O–H groups in total. The van der Waals surface area contributed by atoms with E-state index < -0.39 is 0 Å². The summed E-state index contributed by atoms with van der Waals surface area (Å²) in [6, 6.07) is 0. The lowest BCUT2D eigenvalue weighted by molar-refractivity contribution is 0.0463. The molecule has 1 heterocycles. The van der Waals surface area contributed by atoms with Crippen LogP contribution >= 0.6 is 11.8 Å². The number of nitrogens with zero attached hydrogens (tertiary/aromatic N) is 1. The van der Waals surface area contributed by atoms with Crippen molar-refractivity contribution in [2.45, 2.75) is 39.7 Å². The lowest BCUT2D eigenvalue weighted by atomic mass is 9.87. The largest absolute Gasteiger partial charge is 0.393 e. The summed E-state index contributed by atoms with van der Waals surface area (Å²) in [5, 5.41) is 9.95. The Morgan fingerprint density at radius 3 is 2.67 bits per heavy atom. The summed E-state index contributed by atoms with van der Waals surface area (Å²) in [4.78, 5) is 2.50. The highest BCUT2D eigenvalue weighted by molar-refractivity contribution is 7.99. The Hall–Kier alpha value is 0.270. The maximum Gasteiger partial charge on any atom is 0.0600 e. The number of rotatable bonds is 3. The van der Waals surface area contributed by atoms with Gasteiger partial charge in [0.05, 0.1) is 6.10 Å². The predicted molar refractivity (Wildman–Crippen MR) is 68.5 cm³/mol. The van der Waals surface area contributed by atoms with Gasteiger partial charge >= 0.3 is 0 Å². The zero-order valence-electron chi connectivity index (χ0n) is 10.3. The third-order valence-corrected chi connectivity index (χ3v) is 4.08. The molecule has 15 heavy (non-hydrogen) atoms. The van der Waals surface area contributed by atoms with Crippen LogP contribution in [0, 0.1) is 5.41 Å². The molecule has 0 radical (unpaired) electrons. The lowest BCUT2D eigenvalue weighted by Crippen LogP contribution is -2.33. The first-order chi connectivity index (χ1) is 7.00. The monoisotopic (exact) mass is 231 g/mol. The van der Waals surface area contributed by atoms with E-state index in [1.165, 1.54) is 31.0 Å². The quantitative estimate of drug-likeness (QED) is 0.805. The smallest absolute Gasteiger partial charge is 0.0600 e. The fourth-order valence-corrected chi connectivity index (χ4v) is 2.68. The fourth-order valence-electron chi connectivity index (χ4n) is 1.76. The molecule has 3 heteroatoms. The van der Waals surface area contributed by atoms with E-state index in [1.807, 2.05) is 0 Å². The number of aliphatic hydroxyl groups excluding tert-OH is 1. The Bertz CT molecular complexity index is 171. The molecule has 1 rings (SSSR count). The molecule has 0 amide bonds. The first kappa shape index (κ1) is 13.3. The van der Waals surface area contributed by atoms with Crippen LogP contribution in [0.15, 0.2) is 0 Å². The molecule has 1 atom stereocenters. The molecule has 0 aliphatic carbocycles. The van der Waals surface area contributed by atoms with Crippen molar-refractivity contribution < 1.29 is 5.11 Å². The van der Waals surface area contributed by atoms with Crippen LogP contribution in [0.4, 0.5) is 0 Å². The van der Waals surface area contributed by atoms with Crippen LogP contribution in [0.5, 0.6) is 0 Å². The highest BCUT2D eigenvalue weighted by Crippen LogP contribution is 2.22. The number of hydrogen-bond acceptors (Lipinski definition) is 3. The van der Waals surface area contributed by atoms with Crippen LogP contribution in [0.2, 0.25) is 0 Å². The molecule has 0 aromatic rings.